The maximum absolute atomic E-state index is 11.6. The van der Waals surface area contributed by atoms with Crippen LogP contribution >= 0.6 is 24.0 Å². The normalized spacial score (nSPS) is 14.3. The molecule has 8 heteroatoms. The fraction of sp³-hybridized carbons (Fsp3) is 0.500. The molecule has 3 N–H and O–H groups in total. The second-order valence-corrected chi connectivity index (χ2v) is 4.43. The first-order chi connectivity index (χ1) is 9.18. The van der Waals surface area contributed by atoms with Gasteiger partial charge in [-0.3, -0.25) is 14.8 Å². The lowest BCUT2D eigenvalue weighted by Gasteiger charge is -2.16. The number of nitrogens with two attached hydrogens (primary N) is 1. The molecular weight excluding hydrogens is 371 g/mol. The Kier molecular flexibility index (Phi) is 6.62. The fourth-order valence-corrected chi connectivity index (χ4v) is 1.61. The van der Waals surface area contributed by atoms with E-state index in [9.17, 15) is 4.79 Å². The van der Waals surface area contributed by atoms with Gasteiger partial charge in [-0.2, -0.15) is 0 Å². The minimum absolute atomic E-state index is 0. The van der Waals surface area contributed by atoms with Crippen LogP contribution in [0.4, 0.5) is 0 Å². The van der Waals surface area contributed by atoms with Crippen LogP contribution in [0, 0.1) is 0 Å². The second-order valence-electron chi connectivity index (χ2n) is 4.43. The van der Waals surface area contributed by atoms with Gasteiger partial charge in [-0.15, -0.1) is 24.0 Å². The molecule has 1 fully saturated rings. The highest BCUT2D eigenvalue weighted by Crippen LogP contribution is 2.24. The largest absolute Gasteiger partial charge is 0.370 e. The summed E-state index contributed by atoms with van der Waals surface area (Å²) < 4.78 is 0. The zero-order valence-electron chi connectivity index (χ0n) is 11.3. The van der Waals surface area contributed by atoms with E-state index in [1.807, 2.05) is 11.9 Å². The van der Waals surface area contributed by atoms with Crippen LogP contribution in [-0.2, 0) is 0 Å². The van der Waals surface area contributed by atoms with Gasteiger partial charge in [0.2, 0.25) is 0 Å². The SMILES string of the molecule is CN(C(N)=NCCNC(=O)c1cnccn1)C1CC1.I. The number of aliphatic imine (C=N–C) groups is 1. The van der Waals surface area contributed by atoms with Crippen molar-refractivity contribution in [1.82, 2.24) is 20.2 Å². The van der Waals surface area contributed by atoms with Gasteiger partial charge in [-0.05, 0) is 12.8 Å². The number of nitrogens with zero attached hydrogens (tertiary/aromatic N) is 4. The molecule has 0 atom stereocenters. The molecule has 0 spiro atoms. The highest BCUT2D eigenvalue weighted by Gasteiger charge is 2.27. The molecule has 1 aliphatic carbocycles. The van der Waals surface area contributed by atoms with Gasteiger partial charge in [0, 0.05) is 32.0 Å². The number of carbonyl (C=O) groups excluding carboxylic acids is 1. The van der Waals surface area contributed by atoms with Crippen LogP contribution in [0.3, 0.4) is 0 Å². The van der Waals surface area contributed by atoms with Crippen molar-refractivity contribution >= 4 is 35.8 Å². The maximum Gasteiger partial charge on any atom is 0.271 e. The zero-order valence-corrected chi connectivity index (χ0v) is 13.7. The Morgan fingerprint density at radius 2 is 2.30 bits per heavy atom. The highest BCUT2D eigenvalue weighted by atomic mass is 127. The molecule has 0 bridgehead atoms. The van der Waals surface area contributed by atoms with Crippen molar-refractivity contribution in [3.63, 3.8) is 0 Å². The van der Waals surface area contributed by atoms with E-state index in [1.54, 1.807) is 0 Å². The molecule has 1 aromatic heterocycles. The van der Waals surface area contributed by atoms with Crippen LogP contribution in [-0.4, -0.2) is 52.9 Å². The molecule has 2 rings (SSSR count). The van der Waals surface area contributed by atoms with E-state index in [4.69, 9.17) is 5.73 Å². The molecule has 1 heterocycles. The summed E-state index contributed by atoms with van der Waals surface area (Å²) in [6, 6.07) is 0.540. The topological polar surface area (TPSA) is 96.5 Å². The van der Waals surface area contributed by atoms with Gasteiger partial charge in [-0.1, -0.05) is 0 Å². The average molecular weight is 390 g/mol. The summed E-state index contributed by atoms with van der Waals surface area (Å²) >= 11 is 0. The Bertz CT molecular complexity index is 462. The van der Waals surface area contributed by atoms with E-state index >= 15 is 0 Å². The van der Waals surface area contributed by atoms with Gasteiger partial charge in [0.25, 0.3) is 5.91 Å². The molecule has 1 amide bonds. The summed E-state index contributed by atoms with van der Waals surface area (Å²) in [7, 11) is 1.94. The van der Waals surface area contributed by atoms with E-state index in [2.05, 4.69) is 20.3 Å². The number of halogens is 1. The van der Waals surface area contributed by atoms with Crippen LogP contribution < -0.4 is 11.1 Å². The van der Waals surface area contributed by atoms with Crippen LogP contribution in [0.15, 0.2) is 23.6 Å². The van der Waals surface area contributed by atoms with E-state index in [-0.39, 0.29) is 29.9 Å². The zero-order chi connectivity index (χ0) is 13.7. The molecule has 1 aliphatic rings. The Hall–Kier alpha value is -1.45. The van der Waals surface area contributed by atoms with Crippen LogP contribution in [0.5, 0.6) is 0 Å². The van der Waals surface area contributed by atoms with E-state index in [0.29, 0.717) is 30.8 Å². The van der Waals surface area contributed by atoms with Crippen molar-refractivity contribution in [2.75, 3.05) is 20.1 Å². The van der Waals surface area contributed by atoms with Crippen LogP contribution in [0.2, 0.25) is 0 Å². The summed E-state index contributed by atoms with van der Waals surface area (Å²) in [6.45, 7) is 0.878. The molecule has 0 aliphatic heterocycles. The summed E-state index contributed by atoms with van der Waals surface area (Å²) in [5.74, 6) is 0.272. The molecule has 0 aromatic carbocycles. The first-order valence-corrected chi connectivity index (χ1v) is 6.25. The number of amides is 1. The number of rotatable bonds is 5. The first kappa shape index (κ1) is 16.6. The standard InChI is InChI=1S/C12H18N6O.HI/c1-18(9-2-3-9)12(13)17-7-6-16-11(19)10-8-14-4-5-15-10;/h4-5,8-9H,2-3,6-7H2,1H3,(H2,13,17)(H,16,19);1H. The van der Waals surface area contributed by atoms with Gasteiger partial charge < -0.3 is 16.0 Å². The molecule has 20 heavy (non-hydrogen) atoms. The number of carbonyl (C=O) groups is 1. The lowest BCUT2D eigenvalue weighted by molar-refractivity contribution is 0.0949. The smallest absolute Gasteiger partial charge is 0.271 e. The second kappa shape index (κ2) is 7.98. The van der Waals surface area contributed by atoms with Crippen LogP contribution in [0.1, 0.15) is 23.3 Å². The predicted molar refractivity (Wildman–Crippen MR) is 87.1 cm³/mol. The van der Waals surface area contributed by atoms with Gasteiger partial charge in [0.1, 0.15) is 5.69 Å². The maximum atomic E-state index is 11.6. The number of hydrogen-bond acceptors (Lipinski definition) is 4. The number of aromatic nitrogens is 2. The molecular formula is C12H19IN6O. The van der Waals surface area contributed by atoms with Gasteiger partial charge in [0.05, 0.1) is 12.7 Å². The van der Waals surface area contributed by atoms with Crippen molar-refractivity contribution in [2.45, 2.75) is 18.9 Å². The number of guanidine groups is 1. The number of nitrogens with one attached hydrogen (secondary N) is 1. The minimum Gasteiger partial charge on any atom is -0.370 e. The van der Waals surface area contributed by atoms with Crippen molar-refractivity contribution in [3.05, 3.63) is 24.3 Å². The third kappa shape index (κ3) is 4.91. The lowest BCUT2D eigenvalue weighted by atomic mass is 10.4. The van der Waals surface area contributed by atoms with E-state index in [0.717, 1.165) is 0 Å². The molecule has 1 saturated carbocycles. The molecule has 1 aromatic rings. The third-order valence-corrected chi connectivity index (χ3v) is 2.92. The van der Waals surface area contributed by atoms with Crippen molar-refractivity contribution in [3.8, 4) is 0 Å². The Morgan fingerprint density at radius 3 is 2.90 bits per heavy atom. The third-order valence-electron chi connectivity index (χ3n) is 2.92. The summed E-state index contributed by atoms with van der Waals surface area (Å²) in [5, 5.41) is 2.72. The molecule has 0 unspecified atom stereocenters. The predicted octanol–water partition coefficient (Wildman–Crippen LogP) is 0.233. The Labute approximate surface area is 135 Å². The Morgan fingerprint density at radius 1 is 1.55 bits per heavy atom. The average Bonchev–Trinajstić information content (AvgIpc) is 3.27. The summed E-state index contributed by atoms with van der Waals surface area (Å²) in [4.78, 5) is 25.6. The monoisotopic (exact) mass is 390 g/mol. The van der Waals surface area contributed by atoms with E-state index in [1.165, 1.54) is 31.4 Å². The molecule has 0 saturated heterocycles. The first-order valence-electron chi connectivity index (χ1n) is 6.25. The summed E-state index contributed by atoms with van der Waals surface area (Å²) in [5.41, 5.74) is 6.13. The van der Waals surface area contributed by atoms with Crippen molar-refractivity contribution in [2.24, 2.45) is 10.7 Å². The quantitative estimate of drug-likeness (QED) is 0.325. The molecule has 7 nitrogen and oxygen atoms in total. The van der Waals surface area contributed by atoms with Gasteiger partial charge >= 0.3 is 0 Å². The molecule has 0 radical (unpaired) electrons. The van der Waals surface area contributed by atoms with Gasteiger partial charge in [0.15, 0.2) is 5.96 Å². The minimum atomic E-state index is -0.252. The summed E-state index contributed by atoms with van der Waals surface area (Å²) in [6.07, 6.45) is 6.78. The van der Waals surface area contributed by atoms with Gasteiger partial charge in [-0.25, -0.2) is 4.98 Å². The molecule has 110 valence electrons. The highest BCUT2D eigenvalue weighted by molar-refractivity contribution is 14.0. The fourth-order valence-electron chi connectivity index (χ4n) is 1.61. The lowest BCUT2D eigenvalue weighted by Crippen LogP contribution is -2.36. The van der Waals surface area contributed by atoms with Crippen molar-refractivity contribution in [1.29, 1.82) is 0 Å². The van der Waals surface area contributed by atoms with Crippen molar-refractivity contribution < 1.29 is 4.79 Å². The number of hydrogen-bond donors (Lipinski definition) is 2. The van der Waals surface area contributed by atoms with E-state index < -0.39 is 0 Å². The Balaban J connectivity index is 0.00000200. The van der Waals surface area contributed by atoms with Crippen LogP contribution in [0.25, 0.3) is 0 Å².